The number of fused-ring (bicyclic) bond motifs is 1. The first-order valence-corrected chi connectivity index (χ1v) is 7.79. The van der Waals surface area contributed by atoms with Gasteiger partial charge in [0.05, 0.1) is 11.1 Å². The van der Waals surface area contributed by atoms with Crippen molar-refractivity contribution >= 4 is 23.4 Å². The summed E-state index contributed by atoms with van der Waals surface area (Å²) in [6.07, 6.45) is 0.0679. The van der Waals surface area contributed by atoms with Crippen LogP contribution in [0.5, 0.6) is 0 Å². The summed E-state index contributed by atoms with van der Waals surface area (Å²) >= 11 is 0. The van der Waals surface area contributed by atoms with E-state index in [1.54, 1.807) is 24.3 Å². The molecule has 1 aliphatic heterocycles. The van der Waals surface area contributed by atoms with Crippen molar-refractivity contribution in [3.8, 4) is 0 Å². The van der Waals surface area contributed by atoms with Crippen molar-refractivity contribution in [3.05, 3.63) is 64.7 Å². The molecule has 0 aromatic heterocycles. The molecule has 5 nitrogen and oxygen atoms in total. The molecule has 0 spiro atoms. The largest absolute Gasteiger partial charge is 0.326 e. The van der Waals surface area contributed by atoms with E-state index >= 15 is 0 Å². The minimum absolute atomic E-state index is 0.0679. The predicted molar refractivity (Wildman–Crippen MR) is 91.0 cm³/mol. The van der Waals surface area contributed by atoms with Gasteiger partial charge in [-0.15, -0.1) is 0 Å². The fraction of sp³-hybridized carbons (Fsp3) is 0.211. The topological polar surface area (TPSA) is 66.5 Å². The zero-order valence-corrected chi connectivity index (χ0v) is 13.6. The monoisotopic (exact) mass is 322 g/mol. The van der Waals surface area contributed by atoms with Gasteiger partial charge in [-0.25, -0.2) is 0 Å². The maximum atomic E-state index is 12.2. The van der Waals surface area contributed by atoms with Crippen LogP contribution in [0, 0.1) is 13.8 Å². The van der Waals surface area contributed by atoms with Crippen LogP contribution in [-0.4, -0.2) is 29.2 Å². The zero-order valence-electron chi connectivity index (χ0n) is 13.6. The molecule has 0 atom stereocenters. The summed E-state index contributed by atoms with van der Waals surface area (Å²) in [4.78, 5) is 37.7. The lowest BCUT2D eigenvalue weighted by Gasteiger charge is -2.14. The predicted octanol–water partition coefficient (Wildman–Crippen LogP) is 2.93. The average molecular weight is 322 g/mol. The van der Waals surface area contributed by atoms with Crippen molar-refractivity contribution in [2.45, 2.75) is 20.3 Å². The second-order valence-corrected chi connectivity index (χ2v) is 5.98. The number of imide groups is 1. The van der Waals surface area contributed by atoms with Gasteiger partial charge in [0.25, 0.3) is 11.8 Å². The van der Waals surface area contributed by atoms with E-state index in [1.165, 1.54) is 0 Å². The first-order chi connectivity index (χ1) is 11.5. The molecule has 1 heterocycles. The Bertz CT molecular complexity index is 787. The molecular weight excluding hydrogens is 304 g/mol. The molecule has 0 bridgehead atoms. The summed E-state index contributed by atoms with van der Waals surface area (Å²) in [5, 5.41) is 2.81. The van der Waals surface area contributed by atoms with Gasteiger partial charge < -0.3 is 5.32 Å². The molecule has 0 aliphatic carbocycles. The number of anilines is 1. The molecule has 1 N–H and O–H groups in total. The van der Waals surface area contributed by atoms with Gasteiger partial charge in [-0.3, -0.25) is 19.3 Å². The van der Waals surface area contributed by atoms with E-state index in [-0.39, 0.29) is 30.7 Å². The maximum absolute atomic E-state index is 12.2. The third-order valence-corrected chi connectivity index (χ3v) is 3.95. The number of aryl methyl sites for hydroxylation is 2. The van der Waals surface area contributed by atoms with Crippen molar-refractivity contribution in [2.24, 2.45) is 0 Å². The van der Waals surface area contributed by atoms with Crippen LogP contribution in [0.25, 0.3) is 0 Å². The number of rotatable bonds is 4. The molecule has 3 amide bonds. The molecule has 2 aromatic rings. The summed E-state index contributed by atoms with van der Waals surface area (Å²) in [7, 11) is 0. The van der Waals surface area contributed by atoms with Crippen molar-refractivity contribution in [2.75, 3.05) is 11.9 Å². The van der Waals surface area contributed by atoms with E-state index in [1.807, 2.05) is 32.0 Å². The van der Waals surface area contributed by atoms with Gasteiger partial charge in [-0.05, 0) is 49.2 Å². The van der Waals surface area contributed by atoms with Gasteiger partial charge in [-0.2, -0.15) is 0 Å². The summed E-state index contributed by atoms with van der Waals surface area (Å²) in [6, 6.07) is 12.5. The van der Waals surface area contributed by atoms with E-state index < -0.39 is 0 Å². The Morgan fingerprint density at radius 3 is 2.04 bits per heavy atom. The molecule has 1 aliphatic rings. The summed E-state index contributed by atoms with van der Waals surface area (Å²) in [6.45, 7) is 3.99. The smallest absolute Gasteiger partial charge is 0.261 e. The standard InChI is InChI=1S/C19H18N2O3/c1-12-9-13(2)11-14(10-12)20-17(22)7-8-21-18(23)15-5-3-4-6-16(15)19(21)24/h3-6,9-11H,7-8H2,1-2H3,(H,20,22). The Balaban J connectivity index is 1.63. The Hall–Kier alpha value is -2.95. The number of hydrogen-bond acceptors (Lipinski definition) is 3. The SMILES string of the molecule is Cc1cc(C)cc(NC(=O)CCN2C(=O)c3ccccc3C2=O)c1. The number of nitrogens with zero attached hydrogens (tertiary/aromatic N) is 1. The van der Waals surface area contributed by atoms with Gasteiger partial charge in [0.15, 0.2) is 0 Å². The van der Waals surface area contributed by atoms with Crippen LogP contribution in [-0.2, 0) is 4.79 Å². The van der Waals surface area contributed by atoms with Crippen molar-refractivity contribution in [1.29, 1.82) is 0 Å². The molecule has 0 saturated carbocycles. The van der Waals surface area contributed by atoms with Gasteiger partial charge in [0.2, 0.25) is 5.91 Å². The Morgan fingerprint density at radius 2 is 1.50 bits per heavy atom. The molecule has 0 radical (unpaired) electrons. The van der Waals surface area contributed by atoms with E-state index in [2.05, 4.69) is 5.32 Å². The number of nitrogens with one attached hydrogen (secondary N) is 1. The van der Waals surface area contributed by atoms with Gasteiger partial charge in [0, 0.05) is 18.7 Å². The van der Waals surface area contributed by atoms with Crippen LogP contribution in [0.3, 0.4) is 0 Å². The Kier molecular flexibility index (Phi) is 4.16. The lowest BCUT2D eigenvalue weighted by Crippen LogP contribution is -2.32. The van der Waals surface area contributed by atoms with E-state index in [0.717, 1.165) is 21.7 Å². The summed E-state index contributed by atoms with van der Waals surface area (Å²) < 4.78 is 0. The van der Waals surface area contributed by atoms with Crippen LogP contribution < -0.4 is 5.32 Å². The highest BCUT2D eigenvalue weighted by atomic mass is 16.2. The molecular formula is C19H18N2O3. The maximum Gasteiger partial charge on any atom is 0.261 e. The average Bonchev–Trinajstić information content (AvgIpc) is 2.76. The lowest BCUT2D eigenvalue weighted by molar-refractivity contribution is -0.116. The number of amides is 3. The van der Waals surface area contributed by atoms with Crippen LogP contribution in [0.15, 0.2) is 42.5 Å². The minimum atomic E-state index is -0.338. The van der Waals surface area contributed by atoms with Crippen molar-refractivity contribution in [1.82, 2.24) is 4.90 Å². The summed E-state index contributed by atoms with van der Waals surface area (Å²) in [5.74, 6) is -0.902. The van der Waals surface area contributed by atoms with Crippen LogP contribution in [0.2, 0.25) is 0 Å². The van der Waals surface area contributed by atoms with Crippen LogP contribution >= 0.6 is 0 Å². The van der Waals surface area contributed by atoms with E-state index in [9.17, 15) is 14.4 Å². The number of carbonyl (C=O) groups is 3. The van der Waals surface area contributed by atoms with Crippen LogP contribution in [0.4, 0.5) is 5.69 Å². The molecule has 122 valence electrons. The number of carbonyl (C=O) groups excluding carboxylic acids is 3. The third kappa shape index (κ3) is 3.06. The quantitative estimate of drug-likeness (QED) is 0.880. The second-order valence-electron chi connectivity index (χ2n) is 5.98. The van der Waals surface area contributed by atoms with E-state index in [4.69, 9.17) is 0 Å². The summed E-state index contributed by atoms with van der Waals surface area (Å²) in [5.41, 5.74) is 3.64. The van der Waals surface area contributed by atoms with Crippen molar-refractivity contribution < 1.29 is 14.4 Å². The zero-order chi connectivity index (χ0) is 17.3. The molecule has 0 saturated heterocycles. The van der Waals surface area contributed by atoms with Gasteiger partial charge in [0.1, 0.15) is 0 Å². The number of hydrogen-bond donors (Lipinski definition) is 1. The molecule has 24 heavy (non-hydrogen) atoms. The fourth-order valence-corrected chi connectivity index (χ4v) is 2.93. The molecule has 0 unspecified atom stereocenters. The highest BCUT2D eigenvalue weighted by Gasteiger charge is 2.34. The first-order valence-electron chi connectivity index (χ1n) is 7.79. The highest BCUT2D eigenvalue weighted by Crippen LogP contribution is 2.22. The van der Waals surface area contributed by atoms with Gasteiger partial charge in [-0.1, -0.05) is 18.2 Å². The minimum Gasteiger partial charge on any atom is -0.326 e. The number of benzene rings is 2. The third-order valence-electron chi connectivity index (χ3n) is 3.95. The Morgan fingerprint density at radius 1 is 0.958 bits per heavy atom. The fourth-order valence-electron chi connectivity index (χ4n) is 2.93. The highest BCUT2D eigenvalue weighted by molar-refractivity contribution is 6.21. The van der Waals surface area contributed by atoms with Gasteiger partial charge >= 0.3 is 0 Å². The van der Waals surface area contributed by atoms with E-state index in [0.29, 0.717) is 11.1 Å². The molecule has 5 heteroatoms. The normalized spacial score (nSPS) is 13.2. The second kappa shape index (κ2) is 6.28. The van der Waals surface area contributed by atoms with Crippen molar-refractivity contribution in [3.63, 3.8) is 0 Å². The Labute approximate surface area is 140 Å². The lowest BCUT2D eigenvalue weighted by atomic mass is 10.1. The first kappa shape index (κ1) is 15.9. The molecule has 0 fully saturated rings. The molecule has 2 aromatic carbocycles. The molecule has 3 rings (SSSR count). The van der Waals surface area contributed by atoms with Crippen LogP contribution in [0.1, 0.15) is 38.3 Å².